The minimum Gasteiger partial charge on any atom is -0.451 e. The van der Waals surface area contributed by atoms with Gasteiger partial charge in [-0.05, 0) is 24.3 Å². The van der Waals surface area contributed by atoms with E-state index in [0.717, 1.165) is 5.39 Å². The van der Waals surface area contributed by atoms with Gasteiger partial charge < -0.3 is 4.42 Å². The highest BCUT2D eigenvalue weighted by molar-refractivity contribution is 6.31. The van der Waals surface area contributed by atoms with Crippen LogP contribution in [-0.4, -0.2) is 5.91 Å². The van der Waals surface area contributed by atoms with Crippen LogP contribution in [0.1, 0.15) is 10.6 Å². The van der Waals surface area contributed by atoms with Crippen molar-refractivity contribution < 1.29 is 9.21 Å². The molecule has 1 aromatic heterocycles. The predicted octanol–water partition coefficient (Wildman–Crippen LogP) is 1.69. The molecule has 0 unspecified atom stereocenters. The van der Waals surface area contributed by atoms with Crippen LogP contribution in [0.15, 0.2) is 28.7 Å². The van der Waals surface area contributed by atoms with E-state index in [4.69, 9.17) is 21.9 Å². The minimum absolute atomic E-state index is 0.171. The van der Waals surface area contributed by atoms with Crippen molar-refractivity contribution in [3.05, 3.63) is 35.0 Å². The zero-order valence-corrected chi connectivity index (χ0v) is 7.84. The number of nitrogens with one attached hydrogen (secondary N) is 1. The van der Waals surface area contributed by atoms with E-state index >= 15 is 0 Å². The molecule has 14 heavy (non-hydrogen) atoms. The summed E-state index contributed by atoms with van der Waals surface area (Å²) in [6.45, 7) is 0. The molecule has 1 aromatic carbocycles. The van der Waals surface area contributed by atoms with Gasteiger partial charge in [0.1, 0.15) is 5.58 Å². The molecule has 0 aliphatic rings. The Morgan fingerprint density at radius 2 is 2.21 bits per heavy atom. The highest BCUT2D eigenvalue weighted by Crippen LogP contribution is 2.22. The van der Waals surface area contributed by atoms with Crippen molar-refractivity contribution in [2.75, 3.05) is 0 Å². The first-order chi connectivity index (χ1) is 6.70. The second-order valence-corrected chi connectivity index (χ2v) is 3.20. The Labute approximate surface area is 84.6 Å². The molecule has 4 nitrogen and oxygen atoms in total. The molecule has 1 heterocycles. The molecule has 72 valence electrons. The summed E-state index contributed by atoms with van der Waals surface area (Å²) in [5.74, 6) is 4.68. The standard InChI is InChI=1S/C9H7ClN2O2/c10-6-1-2-7-5(3-6)4-8(14-7)9(13)12-11/h1-4H,11H2,(H,12,13). The third kappa shape index (κ3) is 1.45. The van der Waals surface area contributed by atoms with Gasteiger partial charge in [-0.3, -0.25) is 10.2 Å². The first-order valence-corrected chi connectivity index (χ1v) is 4.28. The van der Waals surface area contributed by atoms with Crippen molar-refractivity contribution in [2.45, 2.75) is 0 Å². The van der Waals surface area contributed by atoms with Crippen LogP contribution in [-0.2, 0) is 0 Å². The summed E-state index contributed by atoms with van der Waals surface area (Å²) in [5, 5.41) is 1.37. The van der Waals surface area contributed by atoms with Gasteiger partial charge in [0.05, 0.1) is 0 Å². The summed E-state index contributed by atoms with van der Waals surface area (Å²) in [5.41, 5.74) is 2.60. The molecule has 0 saturated heterocycles. The average molecular weight is 211 g/mol. The first-order valence-electron chi connectivity index (χ1n) is 3.91. The van der Waals surface area contributed by atoms with Crippen LogP contribution >= 0.6 is 11.6 Å². The van der Waals surface area contributed by atoms with E-state index in [2.05, 4.69) is 0 Å². The van der Waals surface area contributed by atoms with Gasteiger partial charge >= 0.3 is 5.91 Å². The SMILES string of the molecule is NNC(=O)c1cc2cc(Cl)ccc2o1. The molecule has 0 fully saturated rings. The molecule has 0 aliphatic heterocycles. The lowest BCUT2D eigenvalue weighted by Gasteiger charge is -1.90. The van der Waals surface area contributed by atoms with Gasteiger partial charge in [-0.2, -0.15) is 0 Å². The second-order valence-electron chi connectivity index (χ2n) is 2.77. The van der Waals surface area contributed by atoms with E-state index in [1.807, 2.05) is 5.43 Å². The van der Waals surface area contributed by atoms with Crippen LogP contribution in [0, 0.1) is 0 Å². The third-order valence-electron chi connectivity index (χ3n) is 1.83. The topological polar surface area (TPSA) is 68.3 Å². The number of nitrogens with two attached hydrogens (primary N) is 1. The lowest BCUT2D eigenvalue weighted by molar-refractivity contribution is 0.0928. The molecule has 5 heteroatoms. The van der Waals surface area contributed by atoms with Crippen LogP contribution in [0.4, 0.5) is 0 Å². The smallest absolute Gasteiger partial charge is 0.300 e. The molecule has 0 saturated carbocycles. The minimum atomic E-state index is -0.461. The zero-order valence-electron chi connectivity index (χ0n) is 7.08. The Morgan fingerprint density at radius 1 is 1.43 bits per heavy atom. The Hall–Kier alpha value is -1.52. The van der Waals surface area contributed by atoms with Crippen molar-refractivity contribution in [2.24, 2.45) is 5.84 Å². The number of hydrogen-bond donors (Lipinski definition) is 2. The summed E-state index contributed by atoms with van der Waals surface area (Å²) >= 11 is 5.77. The quantitative estimate of drug-likeness (QED) is 0.428. The van der Waals surface area contributed by atoms with Crippen LogP contribution in [0.3, 0.4) is 0 Å². The van der Waals surface area contributed by atoms with Gasteiger partial charge in [-0.15, -0.1) is 0 Å². The monoisotopic (exact) mass is 210 g/mol. The lowest BCUT2D eigenvalue weighted by atomic mass is 10.2. The summed E-state index contributed by atoms with van der Waals surface area (Å²) < 4.78 is 5.23. The molecule has 3 N–H and O–H groups in total. The van der Waals surface area contributed by atoms with Gasteiger partial charge in [0.15, 0.2) is 5.76 Å². The third-order valence-corrected chi connectivity index (χ3v) is 2.07. The van der Waals surface area contributed by atoms with Crippen molar-refractivity contribution in [3.8, 4) is 0 Å². The van der Waals surface area contributed by atoms with Crippen LogP contribution < -0.4 is 11.3 Å². The summed E-state index contributed by atoms with van der Waals surface area (Å²) in [6, 6.07) is 6.69. The number of furan rings is 1. The number of benzene rings is 1. The molecule has 1 amide bonds. The maximum Gasteiger partial charge on any atom is 0.300 e. The zero-order chi connectivity index (χ0) is 10.1. The molecule has 2 aromatic rings. The van der Waals surface area contributed by atoms with Crippen LogP contribution in [0.5, 0.6) is 0 Å². The molecule has 0 atom stereocenters. The number of nitrogen functional groups attached to an aromatic ring is 1. The van der Waals surface area contributed by atoms with Gasteiger partial charge in [0.25, 0.3) is 0 Å². The van der Waals surface area contributed by atoms with E-state index in [9.17, 15) is 4.79 Å². The number of amides is 1. The fourth-order valence-electron chi connectivity index (χ4n) is 1.20. The molecule has 0 aliphatic carbocycles. The molecule has 0 bridgehead atoms. The van der Waals surface area contributed by atoms with Crippen molar-refractivity contribution >= 4 is 28.5 Å². The molecule has 0 spiro atoms. The van der Waals surface area contributed by atoms with Crippen LogP contribution in [0.25, 0.3) is 11.0 Å². The van der Waals surface area contributed by atoms with E-state index in [1.54, 1.807) is 24.3 Å². The molecule has 2 rings (SSSR count). The van der Waals surface area contributed by atoms with E-state index < -0.39 is 5.91 Å². The van der Waals surface area contributed by atoms with E-state index in [1.165, 1.54) is 0 Å². The van der Waals surface area contributed by atoms with Gasteiger partial charge in [0.2, 0.25) is 0 Å². The Balaban J connectivity index is 2.56. The summed E-state index contributed by atoms with van der Waals surface area (Å²) in [4.78, 5) is 11.1. The van der Waals surface area contributed by atoms with Crippen LogP contribution in [0.2, 0.25) is 5.02 Å². The number of hydrazine groups is 1. The van der Waals surface area contributed by atoms with E-state index in [-0.39, 0.29) is 5.76 Å². The maximum atomic E-state index is 11.1. The van der Waals surface area contributed by atoms with Crippen molar-refractivity contribution in [1.29, 1.82) is 0 Å². The average Bonchev–Trinajstić information content (AvgIpc) is 2.59. The number of carbonyl (C=O) groups excluding carboxylic acids is 1. The largest absolute Gasteiger partial charge is 0.451 e. The maximum absolute atomic E-state index is 11.1. The molecular weight excluding hydrogens is 204 g/mol. The number of hydrogen-bond acceptors (Lipinski definition) is 3. The van der Waals surface area contributed by atoms with E-state index in [0.29, 0.717) is 10.6 Å². The Bertz CT molecular complexity index is 493. The number of fused-ring (bicyclic) bond motifs is 1. The summed E-state index contributed by atoms with van der Waals surface area (Å²) in [7, 11) is 0. The van der Waals surface area contributed by atoms with Gasteiger partial charge in [0, 0.05) is 10.4 Å². The Kier molecular flexibility index (Phi) is 2.15. The number of carbonyl (C=O) groups is 1. The normalized spacial score (nSPS) is 10.4. The predicted molar refractivity (Wildman–Crippen MR) is 52.9 cm³/mol. The molecular formula is C9H7ClN2O2. The fourth-order valence-corrected chi connectivity index (χ4v) is 1.38. The fraction of sp³-hybridized carbons (Fsp3) is 0. The highest BCUT2D eigenvalue weighted by Gasteiger charge is 2.10. The summed E-state index contributed by atoms with van der Waals surface area (Å²) in [6.07, 6.45) is 0. The number of halogens is 1. The first kappa shape index (κ1) is 9.05. The van der Waals surface area contributed by atoms with Crippen molar-refractivity contribution in [3.63, 3.8) is 0 Å². The number of rotatable bonds is 1. The second kappa shape index (κ2) is 3.32. The highest BCUT2D eigenvalue weighted by atomic mass is 35.5. The van der Waals surface area contributed by atoms with Gasteiger partial charge in [-0.1, -0.05) is 11.6 Å². The van der Waals surface area contributed by atoms with Gasteiger partial charge in [-0.25, -0.2) is 5.84 Å². The lowest BCUT2D eigenvalue weighted by Crippen LogP contribution is -2.29. The Morgan fingerprint density at radius 3 is 2.93 bits per heavy atom. The van der Waals surface area contributed by atoms with Crippen molar-refractivity contribution in [1.82, 2.24) is 5.43 Å². The molecule has 0 radical (unpaired) electrons.